The van der Waals surface area contributed by atoms with Crippen LogP contribution in [0.5, 0.6) is 0 Å². The third kappa shape index (κ3) is 4.90. The maximum absolute atomic E-state index is 5.07. The molecule has 0 fully saturated rings. The topological polar surface area (TPSA) is 53.5 Å². The molecule has 0 bridgehead atoms. The fourth-order valence-corrected chi connectivity index (χ4v) is 4.73. The van der Waals surface area contributed by atoms with E-state index in [1.165, 1.54) is 0 Å². The predicted molar refractivity (Wildman–Crippen MR) is 155 cm³/mol. The molecular formula is C30H27BN6Tl. The number of aryl methyl sites for hydroxylation is 3. The van der Waals surface area contributed by atoms with Gasteiger partial charge in [-0.15, -0.1) is 0 Å². The van der Waals surface area contributed by atoms with Crippen LogP contribution in [0.1, 0.15) is 17.1 Å². The Morgan fingerprint density at radius 1 is 0.447 bits per heavy atom. The van der Waals surface area contributed by atoms with Crippen LogP contribution in [0.4, 0.5) is 0 Å². The van der Waals surface area contributed by atoms with Crippen molar-refractivity contribution >= 4 is 34.4 Å². The van der Waals surface area contributed by atoms with Crippen molar-refractivity contribution in [3.63, 3.8) is 0 Å². The first kappa shape index (κ1) is 25.9. The van der Waals surface area contributed by atoms with Crippen LogP contribution in [-0.2, 0) is 0 Å². The largest absolute Gasteiger partial charge is 1.00 e. The van der Waals surface area contributed by atoms with Gasteiger partial charge < -0.3 is 13.8 Å². The summed E-state index contributed by atoms with van der Waals surface area (Å²) in [6.45, 7) is 6.25. The normalized spacial score (nSPS) is 11.1. The first-order valence-electron chi connectivity index (χ1n) is 12.4. The van der Waals surface area contributed by atoms with Crippen LogP contribution in [0, 0.1) is 20.8 Å². The monoisotopic (exact) mass is 687 g/mol. The van der Waals surface area contributed by atoms with Crippen molar-refractivity contribution < 1.29 is 0 Å². The summed E-state index contributed by atoms with van der Waals surface area (Å²) in [5, 5.41) is 15.2. The number of benzene rings is 3. The van der Waals surface area contributed by atoms with E-state index in [-0.39, 0.29) is 27.3 Å². The standard InChI is InChI=1S/C30H27BN6.Tl/c1-22-19-28(25-13-7-4-8-14-25)32-35(22)31(36-23(2)20-29(33-36)26-15-9-5-10-16-26)37-24(3)21-30(34-37)27-17-11-6-12-18-27;/h4-21H,1-3H3;/q-1;+1. The number of hydrogen-bond donors (Lipinski definition) is 0. The Labute approximate surface area is 243 Å². The number of aromatic nitrogens is 6. The Morgan fingerprint density at radius 3 is 0.974 bits per heavy atom. The molecule has 0 amide bonds. The Hall–Kier alpha value is -3.72. The van der Waals surface area contributed by atoms with Gasteiger partial charge >= 0.3 is 27.3 Å². The van der Waals surface area contributed by atoms with Crippen LogP contribution in [-0.4, -0.2) is 63.5 Å². The molecule has 0 N–H and O–H groups in total. The van der Waals surface area contributed by atoms with Gasteiger partial charge in [0.25, 0.3) is 7.12 Å². The zero-order valence-electron chi connectivity index (χ0n) is 21.7. The molecule has 6 aromatic rings. The van der Waals surface area contributed by atoms with Gasteiger partial charge in [0.05, 0.1) is 17.1 Å². The van der Waals surface area contributed by atoms with Crippen molar-refractivity contribution in [3.05, 3.63) is 126 Å². The van der Waals surface area contributed by atoms with E-state index in [0.29, 0.717) is 0 Å². The van der Waals surface area contributed by atoms with Crippen molar-refractivity contribution in [2.24, 2.45) is 0 Å². The molecule has 0 unspecified atom stereocenters. The van der Waals surface area contributed by atoms with Gasteiger partial charge in [-0.05, 0) is 56.1 Å². The van der Waals surface area contributed by atoms with Gasteiger partial charge in [0, 0.05) is 16.7 Å². The fraction of sp³-hybridized carbons (Fsp3) is 0.100. The number of hydrogen-bond acceptors (Lipinski definition) is 3. The average molecular weight is 687 g/mol. The van der Waals surface area contributed by atoms with Crippen molar-refractivity contribution in [3.8, 4) is 33.8 Å². The van der Waals surface area contributed by atoms with E-state index in [4.69, 9.17) is 15.3 Å². The van der Waals surface area contributed by atoms with E-state index in [1.807, 2.05) is 68.4 Å². The Bertz CT molecular complexity index is 1460. The Kier molecular flexibility index (Phi) is 7.46. The van der Waals surface area contributed by atoms with Crippen LogP contribution < -0.4 is 0 Å². The van der Waals surface area contributed by atoms with Gasteiger partial charge in [-0.2, -0.15) is 0 Å². The summed E-state index contributed by atoms with van der Waals surface area (Å²) in [7, 11) is -0.410. The minimum Gasteiger partial charge on any atom is -0.422 e. The molecule has 3 aromatic carbocycles. The van der Waals surface area contributed by atoms with Crippen molar-refractivity contribution in [1.82, 2.24) is 29.1 Å². The minimum absolute atomic E-state index is 0. The van der Waals surface area contributed by atoms with E-state index in [0.717, 1.165) is 50.9 Å². The molecule has 8 heteroatoms. The molecule has 3 aromatic heterocycles. The molecule has 0 atom stereocenters. The number of rotatable bonds is 6. The van der Waals surface area contributed by atoms with Gasteiger partial charge in [0.1, 0.15) is 0 Å². The molecule has 6 rings (SSSR count). The zero-order valence-corrected chi connectivity index (χ0v) is 26.2. The summed E-state index contributed by atoms with van der Waals surface area (Å²) in [5.41, 5.74) is 9.06. The molecule has 3 heterocycles. The Balaban J connectivity index is 0.00000294. The van der Waals surface area contributed by atoms with Crippen LogP contribution in [0.2, 0.25) is 0 Å². The average Bonchev–Trinajstić information content (AvgIpc) is 3.64. The van der Waals surface area contributed by atoms with Crippen molar-refractivity contribution in [2.75, 3.05) is 0 Å². The molecule has 38 heavy (non-hydrogen) atoms. The quantitative estimate of drug-likeness (QED) is 0.210. The second-order valence-corrected chi connectivity index (χ2v) is 9.29. The fourth-order valence-electron chi connectivity index (χ4n) is 4.73. The van der Waals surface area contributed by atoms with Crippen LogP contribution in [0.15, 0.2) is 109 Å². The maximum Gasteiger partial charge on any atom is 1.00 e. The van der Waals surface area contributed by atoms with Crippen molar-refractivity contribution in [2.45, 2.75) is 20.8 Å². The number of nitrogens with zero attached hydrogens (tertiary/aromatic N) is 6. The molecule has 0 saturated carbocycles. The molecule has 1 radical (unpaired) electrons. The van der Waals surface area contributed by atoms with E-state index < -0.39 is 7.12 Å². The minimum atomic E-state index is -0.410. The van der Waals surface area contributed by atoms with E-state index in [1.54, 1.807) is 0 Å². The SMILES string of the molecule is Cc1cc(-c2ccccc2)nn1[B-](n1nc(-c2ccccc2)cc1C)n1nc(-c2ccccc2)cc1C.[Tl+]. The van der Waals surface area contributed by atoms with Gasteiger partial charge in [-0.3, -0.25) is 0 Å². The molecule has 0 saturated heterocycles. The van der Waals surface area contributed by atoms with E-state index in [2.05, 4.69) is 75.4 Å². The van der Waals surface area contributed by atoms with E-state index in [9.17, 15) is 0 Å². The van der Waals surface area contributed by atoms with Crippen molar-refractivity contribution in [1.29, 1.82) is 0 Å². The molecular weight excluding hydrogens is 660 g/mol. The Morgan fingerprint density at radius 2 is 0.711 bits per heavy atom. The maximum atomic E-state index is 5.07. The molecule has 183 valence electrons. The van der Waals surface area contributed by atoms with Crippen LogP contribution in [0.25, 0.3) is 33.8 Å². The summed E-state index contributed by atoms with van der Waals surface area (Å²) in [6, 6.07) is 37.1. The summed E-state index contributed by atoms with van der Waals surface area (Å²) < 4.78 is 6.06. The zero-order chi connectivity index (χ0) is 25.4. The van der Waals surface area contributed by atoms with Gasteiger partial charge in [0.2, 0.25) is 0 Å². The molecule has 0 aliphatic carbocycles. The van der Waals surface area contributed by atoms with Crippen LogP contribution >= 0.6 is 0 Å². The molecule has 0 spiro atoms. The third-order valence-corrected chi connectivity index (χ3v) is 6.63. The third-order valence-electron chi connectivity index (χ3n) is 6.63. The smallest absolute Gasteiger partial charge is 0.422 e. The summed E-state index contributed by atoms with van der Waals surface area (Å²) in [6.07, 6.45) is 0. The first-order valence-corrected chi connectivity index (χ1v) is 12.4. The van der Waals surface area contributed by atoms with Crippen LogP contribution in [0.3, 0.4) is 0 Å². The predicted octanol–water partition coefficient (Wildman–Crippen LogP) is 5.75. The first-order chi connectivity index (χ1) is 18.1. The summed E-state index contributed by atoms with van der Waals surface area (Å²) in [4.78, 5) is 0. The summed E-state index contributed by atoms with van der Waals surface area (Å²) in [5.74, 6) is 0. The molecule has 0 aliphatic heterocycles. The second kappa shape index (κ2) is 10.9. The van der Waals surface area contributed by atoms with E-state index >= 15 is 0 Å². The molecule has 6 nitrogen and oxygen atoms in total. The van der Waals surface area contributed by atoms with Gasteiger partial charge in [-0.25, -0.2) is 15.3 Å². The second-order valence-electron chi connectivity index (χ2n) is 9.29. The van der Waals surface area contributed by atoms with Gasteiger partial charge in [-0.1, -0.05) is 91.0 Å². The summed E-state index contributed by atoms with van der Waals surface area (Å²) >= 11 is 0. The molecule has 0 aliphatic rings. The van der Waals surface area contributed by atoms with Gasteiger partial charge in [0.15, 0.2) is 0 Å².